The normalized spacial score (nSPS) is 12.9. The summed E-state index contributed by atoms with van der Waals surface area (Å²) in [5.41, 5.74) is 0.458. The maximum atomic E-state index is 13.5. The van der Waals surface area contributed by atoms with Gasteiger partial charge in [0, 0.05) is 12.1 Å². The molecule has 1 atom stereocenters. The van der Waals surface area contributed by atoms with Crippen molar-refractivity contribution in [1.29, 1.82) is 0 Å². The van der Waals surface area contributed by atoms with E-state index in [2.05, 4.69) is 19.2 Å². The second-order valence-electron chi connectivity index (χ2n) is 4.07. The Bertz CT molecular complexity index is 344. The van der Waals surface area contributed by atoms with Crippen LogP contribution >= 0.6 is 11.6 Å². The van der Waals surface area contributed by atoms with Crippen LogP contribution in [0.4, 0.5) is 10.1 Å². The van der Waals surface area contributed by atoms with Gasteiger partial charge in [0.1, 0.15) is 5.82 Å². The molecule has 0 heterocycles. The molecule has 0 aliphatic heterocycles. The fourth-order valence-electron chi connectivity index (χ4n) is 1.39. The van der Waals surface area contributed by atoms with E-state index in [4.69, 9.17) is 16.3 Å². The first-order valence-electron chi connectivity index (χ1n) is 5.25. The highest BCUT2D eigenvalue weighted by atomic mass is 35.5. The molecule has 1 aromatic rings. The molecule has 0 fully saturated rings. The third kappa shape index (κ3) is 3.65. The molecule has 2 nitrogen and oxygen atoms in total. The largest absolute Gasteiger partial charge is 0.383 e. The van der Waals surface area contributed by atoms with E-state index in [0.29, 0.717) is 23.2 Å². The third-order valence-electron chi connectivity index (χ3n) is 2.42. The van der Waals surface area contributed by atoms with Crippen LogP contribution in [-0.4, -0.2) is 19.8 Å². The minimum Gasteiger partial charge on any atom is -0.383 e. The molecule has 0 aliphatic rings. The molecule has 1 unspecified atom stereocenters. The Kier molecular flexibility index (Phi) is 5.03. The molecule has 4 heteroatoms. The molecule has 0 aromatic heterocycles. The van der Waals surface area contributed by atoms with E-state index < -0.39 is 0 Å². The Labute approximate surface area is 101 Å². The number of hydrogen-bond acceptors (Lipinski definition) is 2. The van der Waals surface area contributed by atoms with Crippen molar-refractivity contribution in [2.75, 3.05) is 19.0 Å². The molecular formula is C12H17ClFNO. The molecule has 0 spiro atoms. The summed E-state index contributed by atoms with van der Waals surface area (Å²) in [5, 5.41) is 3.52. The molecule has 90 valence electrons. The summed E-state index contributed by atoms with van der Waals surface area (Å²) in [4.78, 5) is 0. The van der Waals surface area contributed by atoms with Gasteiger partial charge in [-0.2, -0.15) is 0 Å². The van der Waals surface area contributed by atoms with E-state index >= 15 is 0 Å². The van der Waals surface area contributed by atoms with Crippen LogP contribution in [0.1, 0.15) is 13.8 Å². The number of anilines is 1. The Morgan fingerprint density at radius 2 is 2.12 bits per heavy atom. The van der Waals surface area contributed by atoms with E-state index in [9.17, 15) is 4.39 Å². The highest BCUT2D eigenvalue weighted by Crippen LogP contribution is 2.21. The fraction of sp³-hybridized carbons (Fsp3) is 0.500. The molecule has 0 saturated carbocycles. The van der Waals surface area contributed by atoms with Crippen molar-refractivity contribution in [1.82, 2.24) is 0 Å². The van der Waals surface area contributed by atoms with Crippen molar-refractivity contribution in [3.8, 4) is 0 Å². The second-order valence-corrected chi connectivity index (χ2v) is 4.51. The first-order valence-corrected chi connectivity index (χ1v) is 5.63. The Morgan fingerprint density at radius 1 is 1.44 bits per heavy atom. The summed E-state index contributed by atoms with van der Waals surface area (Å²) in [6.45, 7) is 4.66. The maximum absolute atomic E-state index is 13.5. The highest BCUT2D eigenvalue weighted by Gasteiger charge is 2.14. The maximum Gasteiger partial charge on any atom is 0.147 e. The molecule has 16 heavy (non-hydrogen) atoms. The van der Waals surface area contributed by atoms with Gasteiger partial charge in [0.15, 0.2) is 0 Å². The van der Waals surface area contributed by atoms with Crippen molar-refractivity contribution in [3.63, 3.8) is 0 Å². The molecule has 0 saturated heterocycles. The minimum atomic E-state index is -0.339. The van der Waals surface area contributed by atoms with E-state index in [0.717, 1.165) is 0 Å². The van der Waals surface area contributed by atoms with Crippen molar-refractivity contribution >= 4 is 17.3 Å². The molecule has 0 aliphatic carbocycles. The number of rotatable bonds is 5. The number of benzene rings is 1. The van der Waals surface area contributed by atoms with Crippen LogP contribution in [0.3, 0.4) is 0 Å². The van der Waals surface area contributed by atoms with Gasteiger partial charge in [0.2, 0.25) is 0 Å². The lowest BCUT2D eigenvalue weighted by Crippen LogP contribution is -2.30. The van der Waals surface area contributed by atoms with Crippen LogP contribution in [0.5, 0.6) is 0 Å². The van der Waals surface area contributed by atoms with Gasteiger partial charge in [-0.3, -0.25) is 0 Å². The van der Waals surface area contributed by atoms with Gasteiger partial charge in [-0.1, -0.05) is 25.4 Å². The second kappa shape index (κ2) is 6.06. The molecule has 1 aromatic carbocycles. The summed E-state index contributed by atoms with van der Waals surface area (Å²) < 4.78 is 18.6. The lowest BCUT2D eigenvalue weighted by atomic mass is 10.1. The molecule has 0 bridgehead atoms. The van der Waals surface area contributed by atoms with Gasteiger partial charge >= 0.3 is 0 Å². The van der Waals surface area contributed by atoms with Gasteiger partial charge in [0.05, 0.1) is 18.3 Å². The zero-order valence-electron chi connectivity index (χ0n) is 9.76. The van der Waals surface area contributed by atoms with Crippen molar-refractivity contribution in [3.05, 3.63) is 29.0 Å². The van der Waals surface area contributed by atoms with E-state index in [1.807, 2.05) is 0 Å². The van der Waals surface area contributed by atoms with Crippen molar-refractivity contribution < 1.29 is 9.13 Å². The Hall–Kier alpha value is -0.800. The summed E-state index contributed by atoms with van der Waals surface area (Å²) in [7, 11) is 1.63. The van der Waals surface area contributed by atoms with Crippen LogP contribution < -0.4 is 5.32 Å². The average Bonchev–Trinajstić information content (AvgIpc) is 2.20. The van der Waals surface area contributed by atoms with Crippen LogP contribution in [0.15, 0.2) is 18.2 Å². The molecule has 1 N–H and O–H groups in total. The zero-order chi connectivity index (χ0) is 12.1. The predicted molar refractivity (Wildman–Crippen MR) is 65.5 cm³/mol. The number of methoxy groups -OCH3 is 1. The summed E-state index contributed by atoms with van der Waals surface area (Å²) >= 11 is 5.68. The number of hydrogen-bond donors (Lipinski definition) is 1. The smallest absolute Gasteiger partial charge is 0.147 e. The summed E-state index contributed by atoms with van der Waals surface area (Å²) in [6, 6.07) is 4.69. The molecule has 0 radical (unpaired) electrons. The van der Waals surface area contributed by atoms with Gasteiger partial charge in [-0.15, -0.1) is 0 Å². The lowest BCUT2D eigenvalue weighted by molar-refractivity contribution is 0.171. The number of ether oxygens (including phenoxy) is 1. The first kappa shape index (κ1) is 13.3. The summed E-state index contributed by atoms with van der Waals surface area (Å²) in [6.07, 6.45) is 0. The van der Waals surface area contributed by atoms with Gasteiger partial charge in [0.25, 0.3) is 0 Å². The Morgan fingerprint density at radius 3 is 2.62 bits per heavy atom. The molecule has 0 amide bonds. The minimum absolute atomic E-state index is 0.0840. The fourth-order valence-corrected chi connectivity index (χ4v) is 1.55. The highest BCUT2D eigenvalue weighted by molar-refractivity contribution is 6.30. The Balaban J connectivity index is 2.77. The van der Waals surface area contributed by atoms with Crippen molar-refractivity contribution in [2.45, 2.75) is 19.9 Å². The van der Waals surface area contributed by atoms with Crippen LogP contribution in [0.2, 0.25) is 5.02 Å². The quantitative estimate of drug-likeness (QED) is 0.857. The molecular weight excluding hydrogens is 229 g/mol. The third-order valence-corrected chi connectivity index (χ3v) is 2.66. The van der Waals surface area contributed by atoms with Crippen LogP contribution in [0, 0.1) is 11.7 Å². The summed E-state index contributed by atoms with van der Waals surface area (Å²) in [5.74, 6) is 0.0179. The van der Waals surface area contributed by atoms with Gasteiger partial charge in [-0.25, -0.2) is 4.39 Å². The first-order chi connectivity index (χ1) is 7.54. The van der Waals surface area contributed by atoms with E-state index in [-0.39, 0.29) is 11.9 Å². The van der Waals surface area contributed by atoms with Gasteiger partial charge in [-0.05, 0) is 24.1 Å². The lowest BCUT2D eigenvalue weighted by Gasteiger charge is -2.23. The van der Waals surface area contributed by atoms with Gasteiger partial charge < -0.3 is 10.1 Å². The van der Waals surface area contributed by atoms with Crippen LogP contribution in [-0.2, 0) is 4.74 Å². The number of halogens is 2. The number of nitrogens with one attached hydrogen (secondary N) is 1. The van der Waals surface area contributed by atoms with E-state index in [1.165, 1.54) is 6.07 Å². The average molecular weight is 246 g/mol. The topological polar surface area (TPSA) is 21.3 Å². The SMILES string of the molecule is COCC(Nc1ccc(Cl)cc1F)C(C)C. The van der Waals surface area contributed by atoms with Crippen molar-refractivity contribution in [2.24, 2.45) is 5.92 Å². The zero-order valence-corrected chi connectivity index (χ0v) is 10.5. The molecule has 1 rings (SSSR count). The van der Waals surface area contributed by atoms with Crippen LogP contribution in [0.25, 0.3) is 0 Å². The van der Waals surface area contributed by atoms with E-state index in [1.54, 1.807) is 19.2 Å². The predicted octanol–water partition coefficient (Wildman–Crippen LogP) is 3.56. The monoisotopic (exact) mass is 245 g/mol. The standard InChI is InChI=1S/C12H17ClFNO/c1-8(2)12(7-16-3)15-11-5-4-9(13)6-10(11)14/h4-6,8,12,15H,7H2,1-3H3.